The van der Waals surface area contributed by atoms with Gasteiger partial charge in [0.1, 0.15) is 17.4 Å². The summed E-state index contributed by atoms with van der Waals surface area (Å²) in [5.74, 6) is 0.656. The highest BCUT2D eigenvalue weighted by Crippen LogP contribution is 2.36. The number of aromatic nitrogens is 2. The first-order valence-electron chi connectivity index (χ1n) is 6.49. The minimum Gasteiger partial charge on any atom is -0.389 e. The second kappa shape index (κ2) is 4.85. The van der Waals surface area contributed by atoms with E-state index in [0.29, 0.717) is 5.56 Å². The zero-order chi connectivity index (χ0) is 15.1. The first-order valence-corrected chi connectivity index (χ1v) is 6.89. The van der Waals surface area contributed by atoms with Crippen molar-refractivity contribution < 1.29 is 4.79 Å². The normalized spacial score (nSPS) is 13.8. The lowest BCUT2D eigenvalue weighted by Crippen LogP contribution is -2.37. The number of fused-ring (bicyclic) bond motifs is 1. The molecule has 0 radical (unpaired) electrons. The van der Waals surface area contributed by atoms with Gasteiger partial charge in [-0.1, -0.05) is 24.4 Å². The third-order valence-electron chi connectivity index (χ3n) is 3.46. The molecular weight excluding hydrogens is 286 g/mol. The van der Waals surface area contributed by atoms with E-state index in [1.807, 2.05) is 43.1 Å². The Bertz CT molecular complexity index is 752. The van der Waals surface area contributed by atoms with Gasteiger partial charge < -0.3 is 16.0 Å². The highest BCUT2D eigenvalue weighted by molar-refractivity contribution is 7.80. The molecule has 0 saturated carbocycles. The molecule has 21 heavy (non-hydrogen) atoms. The van der Waals surface area contributed by atoms with E-state index in [2.05, 4.69) is 10.4 Å². The van der Waals surface area contributed by atoms with Gasteiger partial charge in [-0.05, 0) is 19.1 Å². The van der Waals surface area contributed by atoms with Gasteiger partial charge in [0.15, 0.2) is 0 Å². The molecule has 108 valence electrons. The number of amides is 1. The summed E-state index contributed by atoms with van der Waals surface area (Å²) < 4.78 is 1.71. The summed E-state index contributed by atoms with van der Waals surface area (Å²) in [5, 5.41) is 7.24. The van der Waals surface area contributed by atoms with E-state index in [1.165, 1.54) is 0 Å². The number of nitrogens with zero attached hydrogens (tertiary/aromatic N) is 3. The standard InChI is InChI=1S/C14H15N5OS/c1-8-12(13(15)21)14(18(2)17-8)19-7-11(20)16-9-5-3-4-6-10(9)19/h3-6H,7H2,1-2H3,(H2,15,21)(H,16,20). The Kier molecular flexibility index (Phi) is 3.13. The Hall–Kier alpha value is -2.41. The predicted molar refractivity (Wildman–Crippen MR) is 85.9 cm³/mol. The van der Waals surface area contributed by atoms with E-state index in [0.717, 1.165) is 22.9 Å². The van der Waals surface area contributed by atoms with Gasteiger partial charge in [-0.3, -0.25) is 9.48 Å². The molecule has 3 rings (SSSR count). The smallest absolute Gasteiger partial charge is 0.244 e. The fraction of sp³-hybridized carbons (Fsp3) is 0.214. The van der Waals surface area contributed by atoms with E-state index < -0.39 is 0 Å². The number of aryl methyl sites for hydroxylation is 2. The minimum atomic E-state index is -0.0820. The van der Waals surface area contributed by atoms with E-state index >= 15 is 0 Å². The molecule has 1 aromatic carbocycles. The zero-order valence-electron chi connectivity index (χ0n) is 11.8. The van der Waals surface area contributed by atoms with E-state index in [4.69, 9.17) is 18.0 Å². The number of thiocarbonyl (C=S) groups is 1. The molecule has 2 aromatic rings. The quantitative estimate of drug-likeness (QED) is 0.821. The maximum absolute atomic E-state index is 12.0. The van der Waals surface area contributed by atoms with Crippen molar-refractivity contribution in [2.75, 3.05) is 16.8 Å². The molecule has 0 saturated heterocycles. The van der Waals surface area contributed by atoms with E-state index in [9.17, 15) is 4.79 Å². The molecule has 0 atom stereocenters. The van der Waals surface area contributed by atoms with Gasteiger partial charge in [0.05, 0.1) is 22.6 Å². The van der Waals surface area contributed by atoms with E-state index in [1.54, 1.807) is 4.68 Å². The third-order valence-corrected chi connectivity index (χ3v) is 3.67. The molecule has 2 heterocycles. The number of anilines is 3. The molecule has 0 unspecified atom stereocenters. The lowest BCUT2D eigenvalue weighted by Gasteiger charge is -2.31. The van der Waals surface area contributed by atoms with Gasteiger partial charge in [0, 0.05) is 7.05 Å². The molecule has 1 aromatic heterocycles. The molecule has 0 spiro atoms. The molecule has 7 heteroatoms. The molecule has 0 bridgehead atoms. The second-order valence-electron chi connectivity index (χ2n) is 4.92. The number of nitrogens with two attached hydrogens (primary N) is 1. The average molecular weight is 301 g/mol. The van der Waals surface area contributed by atoms with E-state index in [-0.39, 0.29) is 17.4 Å². The highest BCUT2D eigenvalue weighted by Gasteiger charge is 2.28. The van der Waals surface area contributed by atoms with Crippen LogP contribution in [-0.2, 0) is 11.8 Å². The molecule has 1 aliphatic rings. The van der Waals surface area contributed by atoms with Gasteiger partial charge in [0.2, 0.25) is 5.91 Å². The number of carbonyl (C=O) groups excluding carboxylic acids is 1. The van der Waals surface area contributed by atoms with Gasteiger partial charge in [-0.25, -0.2) is 0 Å². The van der Waals surface area contributed by atoms with Crippen LogP contribution in [0.2, 0.25) is 0 Å². The van der Waals surface area contributed by atoms with Gasteiger partial charge >= 0.3 is 0 Å². The van der Waals surface area contributed by atoms with Gasteiger partial charge in [0.25, 0.3) is 0 Å². The Morgan fingerprint density at radius 3 is 2.86 bits per heavy atom. The molecule has 0 aliphatic carbocycles. The van der Waals surface area contributed by atoms with Crippen LogP contribution in [0, 0.1) is 6.92 Å². The van der Waals surface area contributed by atoms with Gasteiger partial charge in [-0.15, -0.1) is 0 Å². The predicted octanol–water partition coefficient (Wildman–Crippen LogP) is 1.45. The molecule has 3 N–H and O–H groups in total. The van der Waals surface area contributed by atoms with Crippen molar-refractivity contribution in [3.8, 4) is 0 Å². The molecule has 1 aliphatic heterocycles. The number of para-hydroxylation sites is 2. The fourth-order valence-electron chi connectivity index (χ4n) is 2.67. The fourth-order valence-corrected chi connectivity index (χ4v) is 2.91. The highest BCUT2D eigenvalue weighted by atomic mass is 32.1. The molecule has 0 fully saturated rings. The topological polar surface area (TPSA) is 76.2 Å². The first-order chi connectivity index (χ1) is 9.99. The number of nitrogens with one attached hydrogen (secondary N) is 1. The summed E-state index contributed by atoms with van der Waals surface area (Å²) in [7, 11) is 1.82. The van der Waals surface area contributed by atoms with Crippen molar-refractivity contribution in [1.29, 1.82) is 0 Å². The van der Waals surface area contributed by atoms with Crippen LogP contribution in [0.5, 0.6) is 0 Å². The molecular formula is C14H15N5OS. The number of rotatable bonds is 2. The summed E-state index contributed by atoms with van der Waals surface area (Å²) in [5.41, 5.74) is 8.97. The Labute approximate surface area is 127 Å². The van der Waals surface area contributed by atoms with Crippen LogP contribution < -0.4 is 16.0 Å². The van der Waals surface area contributed by atoms with Crippen LogP contribution in [0.25, 0.3) is 0 Å². The maximum atomic E-state index is 12.0. The monoisotopic (exact) mass is 301 g/mol. The van der Waals surface area contributed by atoms with Crippen LogP contribution in [0.3, 0.4) is 0 Å². The van der Waals surface area contributed by atoms with Crippen molar-refractivity contribution in [2.24, 2.45) is 12.8 Å². The van der Waals surface area contributed by atoms with Crippen molar-refractivity contribution in [3.05, 3.63) is 35.5 Å². The number of carbonyl (C=O) groups is 1. The van der Waals surface area contributed by atoms with Crippen molar-refractivity contribution in [3.63, 3.8) is 0 Å². The van der Waals surface area contributed by atoms with Crippen LogP contribution in [0.1, 0.15) is 11.3 Å². The Morgan fingerprint density at radius 2 is 2.14 bits per heavy atom. The van der Waals surface area contributed by atoms with Crippen molar-refractivity contribution in [1.82, 2.24) is 9.78 Å². The first kappa shape index (κ1) is 13.6. The maximum Gasteiger partial charge on any atom is 0.244 e. The van der Waals surface area contributed by atoms with Crippen LogP contribution in [0.4, 0.5) is 17.2 Å². The summed E-state index contributed by atoms with van der Waals surface area (Å²) in [6.07, 6.45) is 0. The zero-order valence-corrected chi connectivity index (χ0v) is 12.6. The van der Waals surface area contributed by atoms with Gasteiger partial charge in [-0.2, -0.15) is 5.10 Å². The Balaban J connectivity index is 2.22. The van der Waals surface area contributed by atoms with Crippen LogP contribution >= 0.6 is 12.2 Å². The summed E-state index contributed by atoms with van der Waals surface area (Å²) >= 11 is 5.15. The number of benzene rings is 1. The number of hydrogen-bond donors (Lipinski definition) is 2. The lowest BCUT2D eigenvalue weighted by molar-refractivity contribution is -0.115. The molecule has 6 nitrogen and oxygen atoms in total. The third kappa shape index (κ3) is 2.15. The SMILES string of the molecule is Cc1nn(C)c(N2CC(=O)Nc3ccccc32)c1C(N)=S. The van der Waals surface area contributed by atoms with Crippen LogP contribution in [0.15, 0.2) is 24.3 Å². The Morgan fingerprint density at radius 1 is 1.43 bits per heavy atom. The van der Waals surface area contributed by atoms with Crippen molar-refractivity contribution >= 4 is 40.3 Å². The second-order valence-corrected chi connectivity index (χ2v) is 5.36. The van der Waals surface area contributed by atoms with Crippen LogP contribution in [-0.4, -0.2) is 27.2 Å². The largest absolute Gasteiger partial charge is 0.389 e. The summed E-state index contributed by atoms with van der Waals surface area (Å²) in [4.78, 5) is 14.1. The molecule has 1 amide bonds. The minimum absolute atomic E-state index is 0.0820. The summed E-state index contributed by atoms with van der Waals surface area (Å²) in [6, 6.07) is 7.61. The average Bonchev–Trinajstić information content (AvgIpc) is 2.72. The van der Waals surface area contributed by atoms with Crippen molar-refractivity contribution in [2.45, 2.75) is 6.92 Å². The number of hydrogen-bond acceptors (Lipinski definition) is 4. The summed E-state index contributed by atoms with van der Waals surface area (Å²) in [6.45, 7) is 2.06. The lowest BCUT2D eigenvalue weighted by atomic mass is 10.1.